The highest BCUT2D eigenvalue weighted by molar-refractivity contribution is 6.30. The van der Waals surface area contributed by atoms with Crippen molar-refractivity contribution in [1.82, 2.24) is 14.7 Å². The number of aliphatic carboxylic acids is 1. The second-order valence-electron chi connectivity index (χ2n) is 7.97. The summed E-state index contributed by atoms with van der Waals surface area (Å²) in [5, 5.41) is 14.7. The highest BCUT2D eigenvalue weighted by Crippen LogP contribution is 2.50. The third-order valence-corrected chi connectivity index (χ3v) is 6.32. The summed E-state index contributed by atoms with van der Waals surface area (Å²) in [6.45, 7) is 2.43. The predicted octanol–water partition coefficient (Wildman–Crippen LogP) is 4.17. The van der Waals surface area contributed by atoms with Crippen LogP contribution in [0.1, 0.15) is 35.6 Å². The first kappa shape index (κ1) is 19.3. The van der Waals surface area contributed by atoms with Crippen LogP contribution >= 0.6 is 11.6 Å². The molecule has 0 amide bonds. The molecule has 0 radical (unpaired) electrons. The van der Waals surface area contributed by atoms with Gasteiger partial charge in [0.25, 0.3) is 0 Å². The summed E-state index contributed by atoms with van der Waals surface area (Å²) in [5.74, 6) is -0.953. The van der Waals surface area contributed by atoms with Gasteiger partial charge in [0, 0.05) is 36.4 Å². The Morgan fingerprint density at radius 1 is 1.20 bits per heavy atom. The van der Waals surface area contributed by atoms with Gasteiger partial charge in [-0.05, 0) is 48.2 Å². The highest BCUT2D eigenvalue weighted by Gasteiger charge is 2.49. The zero-order valence-corrected chi connectivity index (χ0v) is 17.1. The zero-order valence-electron chi connectivity index (χ0n) is 16.4. The summed E-state index contributed by atoms with van der Waals surface area (Å²) >= 11 is 6.22. The number of rotatable bonds is 4. The van der Waals surface area contributed by atoms with Crippen LogP contribution in [0.3, 0.4) is 0 Å². The van der Waals surface area contributed by atoms with Crippen LogP contribution in [0.25, 0.3) is 5.69 Å². The summed E-state index contributed by atoms with van der Waals surface area (Å²) in [5.41, 5.74) is 3.26. The lowest BCUT2D eigenvalue weighted by atomic mass is 9.83. The first-order chi connectivity index (χ1) is 14.5. The molecule has 30 heavy (non-hydrogen) atoms. The van der Waals surface area contributed by atoms with Gasteiger partial charge >= 0.3 is 5.97 Å². The van der Waals surface area contributed by atoms with Crippen LogP contribution in [0.15, 0.2) is 60.9 Å². The molecule has 1 N–H and O–H groups in total. The van der Waals surface area contributed by atoms with E-state index in [9.17, 15) is 9.90 Å². The van der Waals surface area contributed by atoms with E-state index in [0.29, 0.717) is 5.02 Å². The normalized spacial score (nSPS) is 20.4. The molecule has 2 aromatic carbocycles. The molecule has 3 heterocycles. The minimum Gasteiger partial charge on any atom is -0.479 e. The first-order valence-electron chi connectivity index (χ1n) is 10.1. The third-order valence-electron chi connectivity index (χ3n) is 6.08. The van der Waals surface area contributed by atoms with Crippen LogP contribution in [-0.2, 0) is 21.7 Å². The summed E-state index contributed by atoms with van der Waals surface area (Å²) < 4.78 is 8.02. The number of hydrogen-bond donors (Lipinski definition) is 1. The number of para-hydroxylation sites is 1. The average Bonchev–Trinajstić information content (AvgIpc) is 3.34. The molecule has 1 spiro atoms. The number of ether oxygens (including phenoxy) is 1. The van der Waals surface area contributed by atoms with Crippen molar-refractivity contribution < 1.29 is 14.6 Å². The van der Waals surface area contributed by atoms with Crippen LogP contribution in [0.4, 0.5) is 0 Å². The van der Waals surface area contributed by atoms with Crippen LogP contribution in [0, 0.1) is 0 Å². The lowest BCUT2D eigenvalue weighted by Crippen LogP contribution is -2.42. The van der Waals surface area contributed by atoms with Gasteiger partial charge in [-0.25, -0.2) is 9.48 Å². The first-order valence-corrected chi connectivity index (χ1v) is 10.4. The molecule has 0 bridgehead atoms. The minimum atomic E-state index is -0.953. The van der Waals surface area contributed by atoms with Crippen molar-refractivity contribution in [1.29, 1.82) is 0 Å². The molecule has 5 rings (SSSR count). The van der Waals surface area contributed by atoms with Gasteiger partial charge < -0.3 is 9.84 Å². The van der Waals surface area contributed by atoms with Gasteiger partial charge in [0.1, 0.15) is 0 Å². The molecule has 0 unspecified atom stereocenters. The number of halogens is 1. The van der Waals surface area contributed by atoms with E-state index in [1.165, 1.54) is 0 Å². The quantitative estimate of drug-likeness (QED) is 0.682. The molecule has 1 fully saturated rings. The van der Waals surface area contributed by atoms with Crippen molar-refractivity contribution in [3.05, 3.63) is 82.6 Å². The summed E-state index contributed by atoms with van der Waals surface area (Å²) in [4.78, 5) is 14.1. The number of benzene rings is 2. The molecule has 0 saturated carbocycles. The second-order valence-corrected chi connectivity index (χ2v) is 8.40. The van der Waals surface area contributed by atoms with Crippen molar-refractivity contribution in [3.63, 3.8) is 0 Å². The zero-order chi connectivity index (χ0) is 20.7. The van der Waals surface area contributed by atoms with Gasteiger partial charge in [0.15, 0.2) is 6.10 Å². The van der Waals surface area contributed by atoms with Crippen molar-refractivity contribution in [2.45, 2.75) is 31.1 Å². The number of piperidine rings is 1. The molecule has 154 valence electrons. The average molecular weight is 424 g/mol. The largest absolute Gasteiger partial charge is 0.479 e. The van der Waals surface area contributed by atoms with Crippen molar-refractivity contribution in [2.24, 2.45) is 0 Å². The van der Waals surface area contributed by atoms with E-state index in [4.69, 9.17) is 16.3 Å². The number of aromatic nitrogens is 2. The van der Waals surface area contributed by atoms with Gasteiger partial charge in [-0.2, -0.15) is 5.10 Å². The van der Waals surface area contributed by atoms with Crippen molar-refractivity contribution >= 4 is 17.6 Å². The maximum atomic E-state index is 11.7. The van der Waals surface area contributed by atoms with Crippen molar-refractivity contribution in [2.75, 3.05) is 13.1 Å². The monoisotopic (exact) mass is 423 g/mol. The number of carboxylic acids is 1. The SMILES string of the molecule is O=C(O)[C@H]1OC2(CCN(Cc3cnn(-c4ccccc4)c3)CC2)c2cc(Cl)ccc21. The number of hydrogen-bond acceptors (Lipinski definition) is 4. The molecule has 3 aromatic rings. The fourth-order valence-corrected chi connectivity index (χ4v) is 4.74. The Bertz CT molecular complexity index is 1070. The molecular weight excluding hydrogens is 402 g/mol. The molecule has 2 aliphatic rings. The van der Waals surface area contributed by atoms with Gasteiger partial charge in [0.2, 0.25) is 0 Å². The smallest absolute Gasteiger partial charge is 0.337 e. The Morgan fingerprint density at radius 2 is 1.97 bits per heavy atom. The molecule has 1 atom stereocenters. The number of nitrogens with zero attached hydrogens (tertiary/aromatic N) is 3. The van der Waals surface area contributed by atoms with E-state index in [1.807, 2.05) is 47.3 Å². The van der Waals surface area contributed by atoms with E-state index >= 15 is 0 Å². The van der Waals surface area contributed by atoms with Crippen LogP contribution in [0.2, 0.25) is 5.02 Å². The third kappa shape index (κ3) is 3.41. The van der Waals surface area contributed by atoms with Crippen LogP contribution in [-0.4, -0.2) is 38.8 Å². The summed E-state index contributed by atoms with van der Waals surface area (Å²) in [6, 6.07) is 15.4. The van der Waals surface area contributed by atoms with E-state index < -0.39 is 17.7 Å². The standard InChI is InChI=1S/C23H22ClN3O3/c24-17-6-7-19-20(12-17)23(30-21(19)22(28)29)8-10-26(11-9-23)14-16-13-25-27(15-16)18-4-2-1-3-5-18/h1-7,12-13,15,21H,8-11,14H2,(H,28,29)/t21-/m0/s1. The molecule has 7 heteroatoms. The Kier molecular flexibility index (Phi) is 4.85. The van der Waals surface area contributed by atoms with Crippen molar-refractivity contribution in [3.8, 4) is 5.69 Å². The molecule has 6 nitrogen and oxygen atoms in total. The maximum Gasteiger partial charge on any atom is 0.337 e. The fourth-order valence-electron chi connectivity index (χ4n) is 4.57. The number of fused-ring (bicyclic) bond motifs is 2. The highest BCUT2D eigenvalue weighted by atomic mass is 35.5. The molecule has 1 saturated heterocycles. The topological polar surface area (TPSA) is 67.6 Å². The number of likely N-dealkylation sites (tertiary alicyclic amines) is 1. The Morgan fingerprint density at radius 3 is 2.70 bits per heavy atom. The minimum absolute atomic E-state index is 0.575. The van der Waals surface area contributed by atoms with E-state index in [1.54, 1.807) is 12.1 Å². The molecule has 0 aliphatic carbocycles. The fraction of sp³-hybridized carbons (Fsp3) is 0.304. The van der Waals surface area contributed by atoms with Crippen LogP contribution < -0.4 is 0 Å². The van der Waals surface area contributed by atoms with Gasteiger partial charge in [0.05, 0.1) is 17.5 Å². The Hall–Kier alpha value is -2.67. The van der Waals surface area contributed by atoms with Gasteiger partial charge in [-0.15, -0.1) is 0 Å². The number of carboxylic acid groups (broad SMARTS) is 1. The Balaban J connectivity index is 1.30. The second kappa shape index (κ2) is 7.54. The Labute approximate surface area is 179 Å². The summed E-state index contributed by atoms with van der Waals surface area (Å²) in [6.07, 6.45) is 4.50. The lowest BCUT2D eigenvalue weighted by molar-refractivity contribution is -0.166. The van der Waals surface area contributed by atoms with Gasteiger partial charge in [-0.3, -0.25) is 4.90 Å². The van der Waals surface area contributed by atoms with E-state index in [0.717, 1.165) is 54.9 Å². The molecule has 1 aromatic heterocycles. The molecular formula is C23H22ClN3O3. The number of carbonyl (C=O) groups is 1. The predicted molar refractivity (Wildman–Crippen MR) is 113 cm³/mol. The molecule has 2 aliphatic heterocycles. The maximum absolute atomic E-state index is 11.7. The van der Waals surface area contributed by atoms with Crippen LogP contribution in [0.5, 0.6) is 0 Å². The summed E-state index contributed by atoms with van der Waals surface area (Å²) in [7, 11) is 0. The van der Waals surface area contributed by atoms with E-state index in [-0.39, 0.29) is 0 Å². The lowest BCUT2D eigenvalue weighted by Gasteiger charge is -2.39. The van der Waals surface area contributed by atoms with E-state index in [2.05, 4.69) is 16.2 Å². The van der Waals surface area contributed by atoms with Gasteiger partial charge in [-0.1, -0.05) is 35.9 Å².